The fourth-order valence-electron chi connectivity index (χ4n) is 3.36. The number of hydrogen-bond acceptors (Lipinski definition) is 6. The smallest absolute Gasteiger partial charge is 0.356 e. The van der Waals surface area contributed by atoms with Crippen molar-refractivity contribution in [2.75, 3.05) is 18.0 Å². The van der Waals surface area contributed by atoms with E-state index in [-0.39, 0.29) is 11.9 Å². The van der Waals surface area contributed by atoms with Crippen LogP contribution in [-0.4, -0.2) is 35.0 Å². The van der Waals surface area contributed by atoms with Crippen LogP contribution < -0.4 is 10.2 Å². The quantitative estimate of drug-likeness (QED) is 0.606. The number of aromatic nitrogens is 2. The SMILES string of the molecule is Cc1nc(-c2cccs2)sc1C(=O)NC1CCN(c2ccc(C(F)(F)F)cn2)CC1. The molecule has 4 heterocycles. The first kappa shape index (κ1) is 20.8. The Balaban J connectivity index is 1.34. The number of nitrogens with one attached hydrogen (secondary N) is 1. The van der Waals surface area contributed by atoms with Crippen LogP contribution >= 0.6 is 22.7 Å². The van der Waals surface area contributed by atoms with Crippen LogP contribution in [0.1, 0.15) is 33.8 Å². The van der Waals surface area contributed by atoms with E-state index < -0.39 is 11.7 Å². The molecule has 0 spiro atoms. The van der Waals surface area contributed by atoms with E-state index in [1.165, 1.54) is 17.4 Å². The van der Waals surface area contributed by atoms with Crippen LogP contribution in [0.4, 0.5) is 19.0 Å². The Kier molecular flexibility index (Phi) is 5.79. The summed E-state index contributed by atoms with van der Waals surface area (Å²) in [4.78, 5) is 24.8. The molecule has 3 aromatic rings. The average molecular weight is 453 g/mol. The summed E-state index contributed by atoms with van der Waals surface area (Å²) in [6.45, 7) is 3.07. The van der Waals surface area contributed by atoms with Gasteiger partial charge in [-0.1, -0.05) is 6.07 Å². The Bertz CT molecular complexity index is 1010. The van der Waals surface area contributed by atoms with Crippen LogP contribution in [0.3, 0.4) is 0 Å². The molecule has 0 aromatic carbocycles. The molecule has 0 radical (unpaired) electrons. The molecule has 4 rings (SSSR count). The molecule has 0 saturated carbocycles. The first-order valence-corrected chi connectivity index (χ1v) is 11.1. The summed E-state index contributed by atoms with van der Waals surface area (Å²) in [6.07, 6.45) is -2.13. The van der Waals surface area contributed by atoms with Gasteiger partial charge in [-0.15, -0.1) is 22.7 Å². The number of carbonyl (C=O) groups excluding carboxylic acids is 1. The normalized spacial score (nSPS) is 15.4. The van der Waals surface area contributed by atoms with Crippen LogP contribution in [0.25, 0.3) is 9.88 Å². The van der Waals surface area contributed by atoms with Crippen LogP contribution in [0.5, 0.6) is 0 Å². The molecule has 0 atom stereocenters. The van der Waals surface area contributed by atoms with Crippen molar-refractivity contribution in [3.8, 4) is 9.88 Å². The first-order chi connectivity index (χ1) is 14.3. The molecule has 1 aliphatic rings. The molecule has 158 valence electrons. The van der Waals surface area contributed by atoms with Gasteiger partial charge in [0.2, 0.25) is 0 Å². The molecule has 3 aromatic heterocycles. The van der Waals surface area contributed by atoms with Crippen LogP contribution in [-0.2, 0) is 6.18 Å². The number of nitrogens with zero attached hydrogens (tertiary/aromatic N) is 3. The third-order valence-electron chi connectivity index (χ3n) is 4.96. The zero-order valence-corrected chi connectivity index (χ0v) is 17.7. The Labute approximate surface area is 179 Å². The second-order valence-corrected chi connectivity index (χ2v) is 9.00. The molecule has 0 bridgehead atoms. The number of rotatable bonds is 4. The number of halogens is 3. The van der Waals surface area contributed by atoms with Crippen molar-refractivity contribution in [1.29, 1.82) is 0 Å². The highest BCUT2D eigenvalue weighted by Crippen LogP contribution is 2.32. The van der Waals surface area contributed by atoms with Gasteiger partial charge in [0.25, 0.3) is 5.91 Å². The van der Waals surface area contributed by atoms with Crippen molar-refractivity contribution in [3.63, 3.8) is 0 Å². The lowest BCUT2D eigenvalue weighted by Crippen LogP contribution is -2.44. The van der Waals surface area contributed by atoms with Gasteiger partial charge >= 0.3 is 6.18 Å². The molecule has 1 aliphatic heterocycles. The topological polar surface area (TPSA) is 58.1 Å². The van der Waals surface area contributed by atoms with Gasteiger partial charge in [-0.3, -0.25) is 4.79 Å². The van der Waals surface area contributed by atoms with Crippen molar-refractivity contribution in [2.45, 2.75) is 32.0 Å². The van der Waals surface area contributed by atoms with E-state index in [1.807, 2.05) is 29.3 Å². The van der Waals surface area contributed by atoms with Gasteiger partial charge in [0.1, 0.15) is 15.7 Å². The van der Waals surface area contributed by atoms with Crippen LogP contribution in [0.2, 0.25) is 0 Å². The predicted octanol–water partition coefficient (Wildman–Crippen LogP) is 4.99. The maximum absolute atomic E-state index is 12.7. The Morgan fingerprint density at radius 2 is 2.00 bits per heavy atom. The highest BCUT2D eigenvalue weighted by atomic mass is 32.1. The zero-order chi connectivity index (χ0) is 21.3. The number of alkyl halides is 3. The molecule has 1 fully saturated rings. The van der Waals surface area contributed by atoms with Gasteiger partial charge < -0.3 is 10.2 Å². The molecule has 10 heteroatoms. The van der Waals surface area contributed by atoms with E-state index in [0.29, 0.717) is 42.3 Å². The summed E-state index contributed by atoms with van der Waals surface area (Å²) in [7, 11) is 0. The maximum atomic E-state index is 12.7. The summed E-state index contributed by atoms with van der Waals surface area (Å²) in [5, 5.41) is 5.90. The number of carbonyl (C=O) groups is 1. The maximum Gasteiger partial charge on any atom is 0.417 e. The average Bonchev–Trinajstić information content (AvgIpc) is 3.38. The predicted molar refractivity (Wildman–Crippen MR) is 112 cm³/mol. The lowest BCUT2D eigenvalue weighted by molar-refractivity contribution is -0.137. The van der Waals surface area contributed by atoms with Crippen molar-refractivity contribution >= 4 is 34.4 Å². The Hall–Kier alpha value is -2.46. The lowest BCUT2D eigenvalue weighted by atomic mass is 10.0. The molecule has 30 heavy (non-hydrogen) atoms. The molecule has 5 nitrogen and oxygen atoms in total. The lowest BCUT2D eigenvalue weighted by Gasteiger charge is -2.33. The minimum absolute atomic E-state index is 0.00915. The first-order valence-electron chi connectivity index (χ1n) is 9.41. The number of thiazole rings is 1. The van der Waals surface area contributed by atoms with Gasteiger partial charge in [-0.05, 0) is 43.3 Å². The van der Waals surface area contributed by atoms with E-state index in [9.17, 15) is 18.0 Å². The van der Waals surface area contributed by atoms with Gasteiger partial charge in [0, 0.05) is 25.3 Å². The van der Waals surface area contributed by atoms with Crippen LogP contribution in [0.15, 0.2) is 35.8 Å². The largest absolute Gasteiger partial charge is 0.417 e. The molecule has 1 N–H and O–H groups in total. The third kappa shape index (κ3) is 4.49. The summed E-state index contributed by atoms with van der Waals surface area (Å²) < 4.78 is 38.1. The highest BCUT2D eigenvalue weighted by Gasteiger charge is 2.31. The number of thiophene rings is 1. The molecular formula is C20H19F3N4OS2. The van der Waals surface area contributed by atoms with Crippen molar-refractivity contribution in [3.05, 3.63) is 52.0 Å². The number of hydrogen-bond donors (Lipinski definition) is 1. The summed E-state index contributed by atoms with van der Waals surface area (Å²) in [5.74, 6) is 0.394. The standard InChI is InChI=1S/C20H19F3N4OS2/c1-12-17(30-19(25-12)15-3-2-10-29-15)18(28)26-14-6-8-27(9-7-14)16-5-4-13(11-24-16)20(21,22)23/h2-5,10-11,14H,6-9H2,1H3,(H,26,28). The van der Waals surface area contributed by atoms with E-state index in [4.69, 9.17) is 0 Å². The fraction of sp³-hybridized carbons (Fsp3) is 0.350. The summed E-state index contributed by atoms with van der Waals surface area (Å²) in [5.41, 5.74) is -0.0393. The monoisotopic (exact) mass is 452 g/mol. The summed E-state index contributed by atoms with van der Waals surface area (Å²) in [6, 6.07) is 6.39. The zero-order valence-electron chi connectivity index (χ0n) is 16.1. The van der Waals surface area contributed by atoms with Gasteiger partial charge in [-0.25, -0.2) is 9.97 Å². The number of aryl methyl sites for hydroxylation is 1. The van der Waals surface area contributed by atoms with Crippen LogP contribution in [0, 0.1) is 6.92 Å². The van der Waals surface area contributed by atoms with Crippen molar-refractivity contribution in [1.82, 2.24) is 15.3 Å². The highest BCUT2D eigenvalue weighted by molar-refractivity contribution is 7.22. The van der Waals surface area contributed by atoms with E-state index >= 15 is 0 Å². The van der Waals surface area contributed by atoms with Gasteiger partial charge in [0.05, 0.1) is 16.1 Å². The van der Waals surface area contributed by atoms with Gasteiger partial charge in [0.15, 0.2) is 0 Å². The minimum Gasteiger partial charge on any atom is -0.356 e. The molecule has 1 saturated heterocycles. The fourth-order valence-corrected chi connectivity index (χ4v) is 5.12. The minimum atomic E-state index is -4.39. The van der Waals surface area contributed by atoms with E-state index in [0.717, 1.165) is 22.1 Å². The van der Waals surface area contributed by atoms with Crippen molar-refractivity contribution < 1.29 is 18.0 Å². The molecule has 0 aliphatic carbocycles. The Morgan fingerprint density at radius 3 is 2.60 bits per heavy atom. The number of anilines is 1. The summed E-state index contributed by atoms with van der Waals surface area (Å²) >= 11 is 2.98. The second kappa shape index (κ2) is 8.35. The number of pyridine rings is 1. The number of piperidine rings is 1. The molecule has 1 amide bonds. The van der Waals surface area contributed by atoms with E-state index in [1.54, 1.807) is 11.3 Å². The van der Waals surface area contributed by atoms with Crippen molar-refractivity contribution in [2.24, 2.45) is 0 Å². The molecular weight excluding hydrogens is 433 g/mol. The second-order valence-electron chi connectivity index (χ2n) is 7.05. The number of amides is 1. The Morgan fingerprint density at radius 1 is 1.23 bits per heavy atom. The molecule has 0 unspecified atom stereocenters. The third-order valence-corrected chi connectivity index (χ3v) is 7.16. The van der Waals surface area contributed by atoms with E-state index in [2.05, 4.69) is 15.3 Å². The van der Waals surface area contributed by atoms with Gasteiger partial charge in [-0.2, -0.15) is 13.2 Å².